The van der Waals surface area contributed by atoms with E-state index in [2.05, 4.69) is 16.1 Å². The number of hydrogen-bond acceptors (Lipinski definition) is 4. The highest BCUT2D eigenvalue weighted by Crippen LogP contribution is 2.50. The Bertz CT molecular complexity index is 1140. The van der Waals surface area contributed by atoms with E-state index in [1.165, 1.54) is 5.56 Å². The normalized spacial score (nSPS) is 17.1. The smallest absolute Gasteiger partial charge is 0.235 e. The molecule has 0 saturated heterocycles. The number of hydrogen-bond donors (Lipinski definition) is 2. The van der Waals surface area contributed by atoms with Crippen LogP contribution in [0, 0.1) is 0 Å². The van der Waals surface area contributed by atoms with Gasteiger partial charge in [-0.1, -0.05) is 24.3 Å². The molecule has 0 bridgehead atoms. The van der Waals surface area contributed by atoms with Gasteiger partial charge in [0.1, 0.15) is 5.75 Å². The van der Waals surface area contributed by atoms with Gasteiger partial charge in [-0.2, -0.15) is 0 Å². The maximum absolute atomic E-state index is 13.3. The van der Waals surface area contributed by atoms with Crippen molar-refractivity contribution in [2.75, 3.05) is 19.0 Å². The first-order valence-electron chi connectivity index (χ1n) is 11.0. The molecule has 0 aromatic heterocycles. The Labute approximate surface area is 191 Å². The Morgan fingerprint density at radius 2 is 1.84 bits per heavy atom. The zero-order chi connectivity index (χ0) is 22.1. The maximum Gasteiger partial charge on any atom is 0.235 e. The topological polar surface area (TPSA) is 73.4 Å². The van der Waals surface area contributed by atoms with Gasteiger partial charge >= 0.3 is 0 Å². The summed E-state index contributed by atoms with van der Waals surface area (Å²) in [6.07, 6.45) is 3.75. The van der Waals surface area contributed by atoms with Gasteiger partial charge in [0.2, 0.25) is 5.91 Å². The maximum atomic E-state index is 13.3. The molecule has 1 aliphatic carbocycles. The zero-order valence-electron chi connectivity index (χ0n) is 18.0. The molecule has 32 heavy (non-hydrogen) atoms. The molecule has 5 rings (SSSR count). The third kappa shape index (κ3) is 4.01. The summed E-state index contributed by atoms with van der Waals surface area (Å²) >= 11 is -1.20. The van der Waals surface area contributed by atoms with Crippen LogP contribution in [0.3, 0.4) is 0 Å². The molecule has 1 fully saturated rings. The number of rotatable bonds is 6. The van der Waals surface area contributed by atoms with Crippen molar-refractivity contribution in [3.63, 3.8) is 0 Å². The van der Waals surface area contributed by atoms with Crippen LogP contribution in [0.25, 0.3) is 11.1 Å². The molecule has 1 aliphatic heterocycles. The number of aryl methyl sites for hydroxylation is 1. The van der Waals surface area contributed by atoms with Gasteiger partial charge in [0.25, 0.3) is 0 Å². The summed E-state index contributed by atoms with van der Waals surface area (Å²) in [6, 6.07) is 21.7. The average molecular weight is 447 g/mol. The second-order valence-electron chi connectivity index (χ2n) is 8.39. The van der Waals surface area contributed by atoms with Crippen LogP contribution in [0.1, 0.15) is 30.4 Å². The van der Waals surface area contributed by atoms with E-state index >= 15 is 0 Å². The number of amides is 1. The van der Waals surface area contributed by atoms with E-state index < -0.39 is 16.8 Å². The summed E-state index contributed by atoms with van der Waals surface area (Å²) < 4.78 is 20.3. The second kappa shape index (κ2) is 8.62. The molecule has 164 valence electrons. The minimum absolute atomic E-state index is 0.0473. The summed E-state index contributed by atoms with van der Waals surface area (Å²) in [5.74, 6) is 1.000. The molecule has 1 atom stereocenters. The molecule has 0 spiro atoms. The molecule has 2 N–H and O–H groups in total. The number of ether oxygens (including phenoxy) is 1. The summed E-state index contributed by atoms with van der Waals surface area (Å²) in [5.41, 5.74) is 4.64. The molecule has 5 nitrogen and oxygen atoms in total. The van der Waals surface area contributed by atoms with Crippen molar-refractivity contribution in [3.05, 3.63) is 77.9 Å². The Hall–Kier alpha value is -2.80. The van der Waals surface area contributed by atoms with Gasteiger partial charge in [0, 0.05) is 12.7 Å². The SMILES string of the molecule is CN[S+]([O-])c1ccc(-c2cccc(NC(=O)C3(c4ccc5c(c4)CCCO5)CC3)c2)cc1. The number of benzene rings is 3. The largest absolute Gasteiger partial charge is 0.593 e. The zero-order valence-corrected chi connectivity index (χ0v) is 18.8. The number of fused-ring (bicyclic) bond motifs is 1. The van der Waals surface area contributed by atoms with Crippen molar-refractivity contribution < 1.29 is 14.1 Å². The molecule has 1 unspecified atom stereocenters. The van der Waals surface area contributed by atoms with Crippen LogP contribution in [-0.4, -0.2) is 24.1 Å². The van der Waals surface area contributed by atoms with Gasteiger partial charge in [0.15, 0.2) is 4.90 Å². The van der Waals surface area contributed by atoms with Gasteiger partial charge in [-0.25, -0.2) is 0 Å². The lowest BCUT2D eigenvalue weighted by Crippen LogP contribution is -2.28. The predicted molar refractivity (Wildman–Crippen MR) is 127 cm³/mol. The van der Waals surface area contributed by atoms with Crippen molar-refractivity contribution in [1.29, 1.82) is 0 Å². The fraction of sp³-hybridized carbons (Fsp3) is 0.269. The van der Waals surface area contributed by atoms with E-state index in [-0.39, 0.29) is 5.91 Å². The summed E-state index contributed by atoms with van der Waals surface area (Å²) in [7, 11) is 1.67. The first-order valence-corrected chi connectivity index (χ1v) is 12.1. The average Bonchev–Trinajstić information content (AvgIpc) is 3.66. The van der Waals surface area contributed by atoms with E-state index in [0.29, 0.717) is 0 Å². The molecule has 1 heterocycles. The standard InChI is InChI=1S/C26H26N2O3S/c1-27-32(30)23-10-7-18(8-11-23)19-4-2-6-22(17-19)28-25(29)26(13-14-26)21-9-12-24-20(16-21)5-3-15-31-24/h2,4,6-12,16-17,27H,3,5,13-15H2,1H3,(H,28,29). The minimum Gasteiger partial charge on any atom is -0.593 e. The van der Waals surface area contributed by atoms with Crippen LogP contribution in [0.4, 0.5) is 5.69 Å². The lowest BCUT2D eigenvalue weighted by Gasteiger charge is -2.21. The Kier molecular flexibility index (Phi) is 5.67. The van der Waals surface area contributed by atoms with Crippen LogP contribution >= 0.6 is 0 Å². The van der Waals surface area contributed by atoms with Crippen LogP contribution in [0.15, 0.2) is 71.6 Å². The fourth-order valence-corrected chi connectivity index (χ4v) is 4.96. The first-order chi connectivity index (χ1) is 15.6. The van der Waals surface area contributed by atoms with Crippen LogP contribution in [0.5, 0.6) is 5.75 Å². The second-order valence-corrected chi connectivity index (χ2v) is 9.81. The van der Waals surface area contributed by atoms with Gasteiger partial charge in [-0.15, -0.1) is 4.72 Å². The van der Waals surface area contributed by atoms with E-state index in [1.54, 1.807) is 7.05 Å². The molecule has 0 radical (unpaired) electrons. The van der Waals surface area contributed by atoms with E-state index in [1.807, 2.05) is 60.7 Å². The number of nitrogens with one attached hydrogen (secondary N) is 2. The Morgan fingerprint density at radius 3 is 2.59 bits per heavy atom. The molecule has 3 aromatic carbocycles. The number of anilines is 1. The van der Waals surface area contributed by atoms with Crippen molar-refractivity contribution >= 4 is 23.0 Å². The van der Waals surface area contributed by atoms with Gasteiger partial charge in [-0.3, -0.25) is 4.79 Å². The van der Waals surface area contributed by atoms with Crippen molar-refractivity contribution in [1.82, 2.24) is 4.72 Å². The fourth-order valence-electron chi connectivity index (χ4n) is 4.35. The van der Waals surface area contributed by atoms with Gasteiger partial charge in [-0.05, 0) is 90.4 Å². The Balaban J connectivity index is 1.34. The molecule has 2 aliphatic rings. The number of carbonyl (C=O) groups is 1. The summed E-state index contributed by atoms with van der Waals surface area (Å²) in [6.45, 7) is 0.768. The van der Waals surface area contributed by atoms with Crippen molar-refractivity contribution in [2.24, 2.45) is 0 Å². The highest BCUT2D eigenvalue weighted by Gasteiger charge is 2.51. The Morgan fingerprint density at radius 1 is 1.03 bits per heavy atom. The number of carbonyl (C=O) groups excluding carboxylic acids is 1. The van der Waals surface area contributed by atoms with E-state index in [0.717, 1.165) is 65.3 Å². The predicted octanol–water partition coefficient (Wildman–Crippen LogP) is 4.59. The van der Waals surface area contributed by atoms with Gasteiger partial charge < -0.3 is 14.6 Å². The highest BCUT2D eigenvalue weighted by molar-refractivity contribution is 7.89. The molecule has 1 saturated carbocycles. The van der Waals surface area contributed by atoms with E-state index in [4.69, 9.17) is 4.74 Å². The van der Waals surface area contributed by atoms with E-state index in [9.17, 15) is 9.35 Å². The third-order valence-corrected chi connectivity index (χ3v) is 7.42. The molecule has 6 heteroatoms. The van der Waals surface area contributed by atoms with Crippen LogP contribution in [-0.2, 0) is 28.0 Å². The molecule has 3 aromatic rings. The lowest BCUT2D eigenvalue weighted by atomic mass is 9.91. The van der Waals surface area contributed by atoms with Crippen LogP contribution < -0.4 is 14.8 Å². The quantitative estimate of drug-likeness (QED) is 0.543. The van der Waals surface area contributed by atoms with Gasteiger partial charge in [0.05, 0.1) is 23.4 Å². The minimum atomic E-state index is -1.20. The summed E-state index contributed by atoms with van der Waals surface area (Å²) in [4.78, 5) is 14.0. The summed E-state index contributed by atoms with van der Waals surface area (Å²) in [5, 5.41) is 3.14. The van der Waals surface area contributed by atoms with Crippen molar-refractivity contribution in [3.8, 4) is 16.9 Å². The highest BCUT2D eigenvalue weighted by atomic mass is 32.2. The van der Waals surface area contributed by atoms with Crippen molar-refractivity contribution in [2.45, 2.75) is 36.0 Å². The molecular weight excluding hydrogens is 420 g/mol. The lowest BCUT2D eigenvalue weighted by molar-refractivity contribution is -0.118. The molecule has 1 amide bonds. The monoisotopic (exact) mass is 446 g/mol. The van der Waals surface area contributed by atoms with Crippen LogP contribution in [0.2, 0.25) is 0 Å². The molecular formula is C26H26N2O3S. The third-order valence-electron chi connectivity index (χ3n) is 6.35. The first kappa shape index (κ1) is 21.1.